The Balaban J connectivity index is 2.47. The summed E-state index contributed by atoms with van der Waals surface area (Å²) in [5, 5.41) is 8.79. The van der Waals surface area contributed by atoms with Gasteiger partial charge in [-0.05, 0) is 5.92 Å². The molecule has 18 heavy (non-hydrogen) atoms. The molecule has 1 rings (SSSR count). The molecule has 104 valence electrons. The van der Waals surface area contributed by atoms with E-state index in [1.807, 2.05) is 13.8 Å². The van der Waals surface area contributed by atoms with Crippen LogP contribution in [0.1, 0.15) is 13.8 Å². The lowest BCUT2D eigenvalue weighted by Crippen LogP contribution is -2.57. The minimum absolute atomic E-state index is 0.0850. The maximum Gasteiger partial charge on any atom is 0.320 e. The molecule has 0 aliphatic carbocycles. The van der Waals surface area contributed by atoms with Gasteiger partial charge in [-0.1, -0.05) is 13.8 Å². The Bertz CT molecular complexity index is 300. The summed E-state index contributed by atoms with van der Waals surface area (Å²) in [6.45, 7) is 6.42. The number of ether oxygens (including phenoxy) is 1. The first-order valence-electron chi connectivity index (χ1n) is 6.21. The minimum Gasteiger partial charge on any atom is -0.481 e. The number of hydrogen-bond acceptors (Lipinski definition) is 3. The van der Waals surface area contributed by atoms with Crippen molar-refractivity contribution in [1.82, 2.24) is 9.80 Å². The van der Waals surface area contributed by atoms with Gasteiger partial charge in [-0.25, -0.2) is 4.79 Å². The first-order chi connectivity index (χ1) is 8.45. The smallest absolute Gasteiger partial charge is 0.320 e. The number of carbonyl (C=O) groups excluding carboxylic acids is 1. The summed E-state index contributed by atoms with van der Waals surface area (Å²) in [6, 6.07) is -0.0850. The zero-order chi connectivity index (χ0) is 13.7. The zero-order valence-electron chi connectivity index (χ0n) is 11.3. The van der Waals surface area contributed by atoms with Crippen molar-refractivity contribution in [2.24, 2.45) is 11.8 Å². The molecule has 1 heterocycles. The predicted molar refractivity (Wildman–Crippen MR) is 66.4 cm³/mol. The number of carbonyl (C=O) groups is 2. The fourth-order valence-corrected chi connectivity index (χ4v) is 1.90. The van der Waals surface area contributed by atoms with Crippen molar-refractivity contribution >= 4 is 12.0 Å². The van der Waals surface area contributed by atoms with Crippen molar-refractivity contribution < 1.29 is 19.4 Å². The van der Waals surface area contributed by atoms with E-state index in [2.05, 4.69) is 0 Å². The van der Waals surface area contributed by atoms with Gasteiger partial charge in [0.05, 0.1) is 12.5 Å². The minimum atomic E-state index is -0.827. The summed E-state index contributed by atoms with van der Waals surface area (Å²) in [4.78, 5) is 26.1. The standard InChI is InChI=1S/C12H22N2O4/c1-9(2)6-13(4-5-18-3)12(17)14-7-10(8-14)11(15)16/h9-10H,4-8H2,1-3H3,(H,15,16). The van der Waals surface area contributed by atoms with Gasteiger partial charge in [0, 0.05) is 33.3 Å². The fourth-order valence-electron chi connectivity index (χ4n) is 1.90. The molecule has 6 nitrogen and oxygen atoms in total. The summed E-state index contributed by atoms with van der Waals surface area (Å²) in [5.74, 6) is -0.856. The van der Waals surface area contributed by atoms with Crippen LogP contribution in [0, 0.1) is 11.8 Å². The molecule has 0 aromatic heterocycles. The number of methoxy groups -OCH3 is 1. The number of rotatable bonds is 6. The highest BCUT2D eigenvalue weighted by Crippen LogP contribution is 2.18. The van der Waals surface area contributed by atoms with E-state index in [-0.39, 0.29) is 6.03 Å². The van der Waals surface area contributed by atoms with Crippen LogP contribution in [0.5, 0.6) is 0 Å². The number of nitrogens with zero attached hydrogens (tertiary/aromatic N) is 2. The van der Waals surface area contributed by atoms with Gasteiger partial charge in [-0.3, -0.25) is 4.79 Å². The van der Waals surface area contributed by atoms with Gasteiger partial charge >= 0.3 is 12.0 Å². The second-order valence-electron chi connectivity index (χ2n) is 5.06. The monoisotopic (exact) mass is 258 g/mol. The molecule has 0 aromatic carbocycles. The third-order valence-electron chi connectivity index (χ3n) is 2.92. The summed E-state index contributed by atoms with van der Waals surface area (Å²) < 4.78 is 4.99. The number of carboxylic acid groups (broad SMARTS) is 1. The normalized spacial score (nSPS) is 15.7. The molecule has 6 heteroatoms. The van der Waals surface area contributed by atoms with Crippen LogP contribution < -0.4 is 0 Å². The molecule has 1 saturated heterocycles. The first-order valence-corrected chi connectivity index (χ1v) is 6.21. The van der Waals surface area contributed by atoms with Crippen LogP contribution in [0.4, 0.5) is 4.79 Å². The molecule has 0 bridgehead atoms. The third-order valence-corrected chi connectivity index (χ3v) is 2.92. The van der Waals surface area contributed by atoms with E-state index >= 15 is 0 Å². The molecule has 1 N–H and O–H groups in total. The molecule has 0 unspecified atom stereocenters. The highest BCUT2D eigenvalue weighted by Gasteiger charge is 2.37. The summed E-state index contributed by atoms with van der Waals surface area (Å²) in [6.07, 6.45) is 0. The summed E-state index contributed by atoms with van der Waals surface area (Å²) in [7, 11) is 1.60. The first kappa shape index (κ1) is 14.8. The van der Waals surface area contributed by atoms with E-state index in [0.717, 1.165) is 0 Å². The van der Waals surface area contributed by atoms with Crippen molar-refractivity contribution in [3.05, 3.63) is 0 Å². The lowest BCUT2D eigenvalue weighted by molar-refractivity contribution is -0.146. The van der Waals surface area contributed by atoms with Crippen LogP contribution in [0.15, 0.2) is 0 Å². The van der Waals surface area contributed by atoms with E-state index < -0.39 is 11.9 Å². The Kier molecular flexibility index (Phi) is 5.40. The van der Waals surface area contributed by atoms with Crippen LogP contribution in [0.2, 0.25) is 0 Å². The summed E-state index contributed by atoms with van der Waals surface area (Å²) >= 11 is 0. The van der Waals surface area contributed by atoms with Gasteiger partial charge in [0.2, 0.25) is 0 Å². The van der Waals surface area contributed by atoms with Crippen LogP contribution in [0.3, 0.4) is 0 Å². The van der Waals surface area contributed by atoms with Crippen molar-refractivity contribution in [3.63, 3.8) is 0 Å². The molecule has 1 aliphatic heterocycles. The van der Waals surface area contributed by atoms with Crippen LogP contribution in [-0.2, 0) is 9.53 Å². The molecule has 1 fully saturated rings. The van der Waals surface area contributed by atoms with Crippen LogP contribution in [-0.4, -0.2) is 66.8 Å². The SMILES string of the molecule is COCCN(CC(C)C)C(=O)N1CC(C(=O)O)C1. The van der Waals surface area contributed by atoms with Gasteiger partial charge in [0.15, 0.2) is 0 Å². The van der Waals surface area contributed by atoms with Gasteiger partial charge in [-0.15, -0.1) is 0 Å². The molecule has 0 aromatic rings. The van der Waals surface area contributed by atoms with E-state index in [1.165, 1.54) is 0 Å². The molecule has 0 spiro atoms. The van der Waals surface area contributed by atoms with Crippen molar-refractivity contribution in [2.45, 2.75) is 13.8 Å². The van der Waals surface area contributed by atoms with Gasteiger partial charge < -0.3 is 19.6 Å². The molecule has 1 aliphatic rings. The molecular weight excluding hydrogens is 236 g/mol. The number of carboxylic acids is 1. The fraction of sp³-hybridized carbons (Fsp3) is 0.833. The molecule has 0 saturated carbocycles. The predicted octanol–water partition coefficient (Wildman–Crippen LogP) is 0.727. The van der Waals surface area contributed by atoms with E-state index in [9.17, 15) is 9.59 Å². The number of amides is 2. The van der Waals surface area contributed by atoms with Crippen LogP contribution in [0.25, 0.3) is 0 Å². The third kappa shape index (κ3) is 3.87. The van der Waals surface area contributed by atoms with E-state index in [0.29, 0.717) is 38.7 Å². The number of aliphatic carboxylic acids is 1. The second kappa shape index (κ2) is 6.58. The van der Waals surface area contributed by atoms with Crippen molar-refractivity contribution in [2.75, 3.05) is 39.9 Å². The van der Waals surface area contributed by atoms with Gasteiger partial charge in [0.25, 0.3) is 0 Å². The number of hydrogen-bond donors (Lipinski definition) is 1. The maximum atomic E-state index is 12.1. The van der Waals surface area contributed by atoms with E-state index in [4.69, 9.17) is 9.84 Å². The Morgan fingerprint density at radius 3 is 2.50 bits per heavy atom. The average Bonchev–Trinajstić information content (AvgIpc) is 2.20. The topological polar surface area (TPSA) is 70.1 Å². The van der Waals surface area contributed by atoms with Gasteiger partial charge in [-0.2, -0.15) is 0 Å². The van der Waals surface area contributed by atoms with Crippen molar-refractivity contribution in [1.29, 1.82) is 0 Å². The number of likely N-dealkylation sites (tertiary alicyclic amines) is 1. The zero-order valence-corrected chi connectivity index (χ0v) is 11.3. The van der Waals surface area contributed by atoms with Crippen LogP contribution >= 0.6 is 0 Å². The number of urea groups is 1. The summed E-state index contributed by atoms with van der Waals surface area (Å²) in [5.41, 5.74) is 0. The van der Waals surface area contributed by atoms with E-state index in [1.54, 1.807) is 16.9 Å². The lowest BCUT2D eigenvalue weighted by atomic mass is 10.0. The highest BCUT2D eigenvalue weighted by molar-refractivity contribution is 5.79. The quantitative estimate of drug-likeness (QED) is 0.762. The average molecular weight is 258 g/mol. The maximum absolute atomic E-state index is 12.1. The molecular formula is C12H22N2O4. The largest absolute Gasteiger partial charge is 0.481 e. The van der Waals surface area contributed by atoms with Crippen molar-refractivity contribution in [3.8, 4) is 0 Å². The Morgan fingerprint density at radius 1 is 1.44 bits per heavy atom. The Hall–Kier alpha value is -1.30. The Labute approximate surface area is 107 Å². The highest BCUT2D eigenvalue weighted by atomic mass is 16.5. The van der Waals surface area contributed by atoms with Gasteiger partial charge in [0.1, 0.15) is 0 Å². The Morgan fingerprint density at radius 2 is 2.06 bits per heavy atom. The molecule has 2 amide bonds. The molecule has 0 radical (unpaired) electrons. The molecule has 0 atom stereocenters. The lowest BCUT2D eigenvalue weighted by Gasteiger charge is -2.40. The second-order valence-corrected chi connectivity index (χ2v) is 5.06.